The Balaban J connectivity index is 2.44. The molecule has 1 heterocycles. The summed E-state index contributed by atoms with van der Waals surface area (Å²) in [6.45, 7) is 6.50. The molecule has 2 N–H and O–H groups in total. The summed E-state index contributed by atoms with van der Waals surface area (Å²) in [5.74, 6) is 1.26. The highest BCUT2D eigenvalue weighted by Gasteiger charge is 2.43. The lowest BCUT2D eigenvalue weighted by atomic mass is 9.73. The molecule has 1 aliphatic heterocycles. The zero-order chi connectivity index (χ0) is 13.4. The number of nitrogens with two attached hydrogens (primary N) is 1. The molecule has 1 aromatic carbocycles. The molecule has 0 bridgehead atoms. The van der Waals surface area contributed by atoms with Gasteiger partial charge in [0.2, 0.25) is 0 Å². The van der Waals surface area contributed by atoms with Gasteiger partial charge < -0.3 is 15.2 Å². The molecule has 0 saturated heterocycles. The molecule has 1 atom stereocenters. The quantitative estimate of drug-likeness (QED) is 0.881. The first-order valence-corrected chi connectivity index (χ1v) is 6.17. The van der Waals surface area contributed by atoms with Crippen LogP contribution in [0.15, 0.2) is 18.2 Å². The average Bonchev–Trinajstić information content (AvgIpc) is 2.35. The number of alkyl halides is 1. The maximum absolute atomic E-state index is 15.1. The van der Waals surface area contributed by atoms with Crippen molar-refractivity contribution in [3.05, 3.63) is 23.8 Å². The monoisotopic (exact) mass is 253 g/mol. The molecule has 2 rings (SSSR count). The second-order valence-corrected chi connectivity index (χ2v) is 5.61. The molecule has 0 spiro atoms. The van der Waals surface area contributed by atoms with Crippen molar-refractivity contribution in [1.82, 2.24) is 0 Å². The summed E-state index contributed by atoms with van der Waals surface area (Å²) < 4.78 is 26.0. The van der Waals surface area contributed by atoms with E-state index in [4.69, 9.17) is 15.2 Å². The van der Waals surface area contributed by atoms with E-state index in [0.29, 0.717) is 30.3 Å². The molecular formula is C14H20FNO2. The number of fused-ring (bicyclic) bond motifs is 1. The van der Waals surface area contributed by atoms with Crippen molar-refractivity contribution in [2.75, 3.05) is 19.8 Å². The van der Waals surface area contributed by atoms with Gasteiger partial charge in [-0.3, -0.25) is 0 Å². The zero-order valence-electron chi connectivity index (χ0n) is 11.1. The molecule has 0 amide bonds. The lowest BCUT2D eigenvalue weighted by molar-refractivity contribution is 0.0337. The first kappa shape index (κ1) is 13.1. The van der Waals surface area contributed by atoms with E-state index >= 15 is 4.39 Å². The summed E-state index contributed by atoms with van der Waals surface area (Å²) in [5, 5.41) is 0. The third-order valence-electron chi connectivity index (χ3n) is 3.47. The van der Waals surface area contributed by atoms with E-state index < -0.39 is 11.1 Å². The minimum atomic E-state index is -1.58. The summed E-state index contributed by atoms with van der Waals surface area (Å²) in [5.41, 5.74) is 4.04. The first-order chi connectivity index (χ1) is 8.38. The van der Waals surface area contributed by atoms with Crippen LogP contribution >= 0.6 is 0 Å². The molecule has 1 unspecified atom stereocenters. The summed E-state index contributed by atoms with van der Waals surface area (Å²) in [7, 11) is 0. The average molecular weight is 253 g/mol. The Kier molecular flexibility index (Phi) is 3.23. The molecule has 3 nitrogen and oxygen atoms in total. The van der Waals surface area contributed by atoms with Crippen molar-refractivity contribution in [3.63, 3.8) is 0 Å². The largest absolute Gasteiger partial charge is 0.486 e. The minimum Gasteiger partial charge on any atom is -0.486 e. The van der Waals surface area contributed by atoms with E-state index in [1.54, 1.807) is 18.2 Å². The fourth-order valence-corrected chi connectivity index (χ4v) is 2.15. The van der Waals surface area contributed by atoms with Crippen molar-refractivity contribution in [1.29, 1.82) is 0 Å². The fraction of sp³-hybridized carbons (Fsp3) is 0.571. The van der Waals surface area contributed by atoms with Crippen molar-refractivity contribution in [2.24, 2.45) is 11.1 Å². The lowest BCUT2D eigenvalue weighted by Crippen LogP contribution is -2.42. The zero-order valence-corrected chi connectivity index (χ0v) is 11.1. The van der Waals surface area contributed by atoms with Crippen LogP contribution in [0.2, 0.25) is 0 Å². The predicted octanol–water partition coefficient (Wildman–Crippen LogP) is 2.63. The number of hydrogen-bond donors (Lipinski definition) is 1. The molecule has 0 aromatic heterocycles. The van der Waals surface area contributed by atoms with E-state index in [9.17, 15) is 0 Å². The molecule has 0 radical (unpaired) electrons. The van der Waals surface area contributed by atoms with Crippen LogP contribution in [0.5, 0.6) is 11.5 Å². The Morgan fingerprint density at radius 1 is 1.17 bits per heavy atom. The molecular weight excluding hydrogens is 233 g/mol. The molecule has 100 valence electrons. The van der Waals surface area contributed by atoms with Crippen LogP contribution in [0.1, 0.15) is 26.3 Å². The van der Waals surface area contributed by atoms with Crippen molar-refractivity contribution in [3.8, 4) is 11.5 Å². The summed E-state index contributed by atoms with van der Waals surface area (Å²) in [6.07, 6.45) is 0. The minimum absolute atomic E-state index is 0.0594. The number of rotatable bonds is 2. The van der Waals surface area contributed by atoms with Gasteiger partial charge in [0.05, 0.1) is 0 Å². The van der Waals surface area contributed by atoms with Crippen LogP contribution < -0.4 is 15.2 Å². The van der Waals surface area contributed by atoms with Gasteiger partial charge in [0.1, 0.15) is 13.2 Å². The fourth-order valence-electron chi connectivity index (χ4n) is 2.15. The molecule has 1 aromatic rings. The number of halogens is 1. The maximum atomic E-state index is 15.1. The lowest BCUT2D eigenvalue weighted by Gasteiger charge is -2.37. The van der Waals surface area contributed by atoms with Gasteiger partial charge in [-0.1, -0.05) is 26.8 Å². The van der Waals surface area contributed by atoms with Gasteiger partial charge in [0, 0.05) is 12.0 Å². The molecule has 18 heavy (non-hydrogen) atoms. The molecule has 0 aliphatic carbocycles. The first-order valence-electron chi connectivity index (χ1n) is 6.17. The van der Waals surface area contributed by atoms with Crippen LogP contribution in [0.4, 0.5) is 4.39 Å². The Morgan fingerprint density at radius 3 is 2.33 bits per heavy atom. The number of hydrogen-bond acceptors (Lipinski definition) is 3. The standard InChI is InChI=1S/C14H20FNO2/c1-13(2,3)14(15,9-16)10-4-5-11-12(8-10)18-7-6-17-11/h4-5,8H,6-7,9,16H2,1-3H3. The third-order valence-corrected chi connectivity index (χ3v) is 3.47. The Labute approximate surface area is 107 Å². The second kappa shape index (κ2) is 4.43. The van der Waals surface area contributed by atoms with Gasteiger partial charge in [0.15, 0.2) is 17.2 Å². The summed E-state index contributed by atoms with van der Waals surface area (Å²) in [6, 6.07) is 5.18. The Morgan fingerprint density at radius 2 is 1.78 bits per heavy atom. The van der Waals surface area contributed by atoms with Crippen molar-refractivity contribution >= 4 is 0 Å². The highest BCUT2D eigenvalue weighted by Crippen LogP contribution is 2.44. The van der Waals surface area contributed by atoms with Gasteiger partial charge in [0.25, 0.3) is 0 Å². The SMILES string of the molecule is CC(C)(C)C(F)(CN)c1ccc2c(c1)OCCO2. The second-order valence-electron chi connectivity index (χ2n) is 5.61. The van der Waals surface area contributed by atoms with Crippen LogP contribution in [-0.2, 0) is 5.67 Å². The van der Waals surface area contributed by atoms with E-state index in [2.05, 4.69) is 0 Å². The van der Waals surface area contributed by atoms with Gasteiger partial charge in [-0.15, -0.1) is 0 Å². The topological polar surface area (TPSA) is 44.5 Å². The highest BCUT2D eigenvalue weighted by atomic mass is 19.1. The Hall–Kier alpha value is -1.29. The van der Waals surface area contributed by atoms with Crippen LogP contribution in [-0.4, -0.2) is 19.8 Å². The van der Waals surface area contributed by atoms with E-state index in [-0.39, 0.29) is 6.54 Å². The van der Waals surface area contributed by atoms with E-state index in [1.807, 2.05) is 20.8 Å². The van der Waals surface area contributed by atoms with E-state index in [1.165, 1.54) is 0 Å². The van der Waals surface area contributed by atoms with Gasteiger partial charge in [-0.2, -0.15) is 0 Å². The molecule has 0 fully saturated rings. The summed E-state index contributed by atoms with van der Waals surface area (Å²) >= 11 is 0. The predicted molar refractivity (Wildman–Crippen MR) is 68.7 cm³/mol. The third kappa shape index (κ3) is 2.05. The van der Waals surface area contributed by atoms with Gasteiger partial charge >= 0.3 is 0 Å². The van der Waals surface area contributed by atoms with E-state index in [0.717, 1.165) is 0 Å². The van der Waals surface area contributed by atoms with Crippen LogP contribution in [0.3, 0.4) is 0 Å². The van der Waals surface area contributed by atoms with Crippen molar-refractivity contribution in [2.45, 2.75) is 26.4 Å². The molecule has 0 saturated carbocycles. The highest BCUT2D eigenvalue weighted by molar-refractivity contribution is 5.46. The smallest absolute Gasteiger partial charge is 0.161 e. The van der Waals surface area contributed by atoms with Crippen molar-refractivity contribution < 1.29 is 13.9 Å². The summed E-state index contributed by atoms with van der Waals surface area (Å²) in [4.78, 5) is 0. The molecule has 1 aliphatic rings. The maximum Gasteiger partial charge on any atom is 0.161 e. The molecule has 4 heteroatoms. The number of ether oxygens (including phenoxy) is 2. The van der Waals surface area contributed by atoms with Crippen LogP contribution in [0, 0.1) is 5.41 Å². The normalized spacial score (nSPS) is 18.3. The van der Waals surface area contributed by atoms with Crippen LogP contribution in [0.25, 0.3) is 0 Å². The van der Waals surface area contributed by atoms with Gasteiger partial charge in [-0.05, 0) is 17.7 Å². The Bertz CT molecular complexity index is 442. The number of benzene rings is 1. The van der Waals surface area contributed by atoms with Gasteiger partial charge in [-0.25, -0.2) is 4.39 Å².